The van der Waals surface area contributed by atoms with Gasteiger partial charge in [-0.25, -0.2) is 0 Å². The van der Waals surface area contributed by atoms with Gasteiger partial charge in [0.2, 0.25) is 0 Å². The molecule has 10 heteroatoms. The molecule has 0 amide bonds. The van der Waals surface area contributed by atoms with E-state index in [9.17, 15) is 0 Å². The topological polar surface area (TPSA) is 0 Å². The normalized spacial score (nSPS) is 47.5. The number of hydrogen-bond acceptors (Lipinski definition) is 0. The molecule has 0 atom stereocenters. The lowest BCUT2D eigenvalue weighted by atomic mass is 11.9. The van der Waals surface area contributed by atoms with Crippen LogP contribution in [0.1, 0.15) is 0 Å². The number of rotatable bonds is 0. The summed E-state index contributed by atoms with van der Waals surface area (Å²) in [6, 6.07) is 0. The predicted molar refractivity (Wildman–Crippen MR) is 133 cm³/mol. The molecule has 4 saturated heterocycles. The van der Waals surface area contributed by atoms with Crippen molar-refractivity contribution in [3.63, 3.8) is 0 Å². The van der Waals surface area contributed by atoms with Crippen LogP contribution in [-0.4, -0.2) is 44.5 Å². The Kier molecular flexibility index (Phi) is 4.40. The van der Waals surface area contributed by atoms with Crippen LogP contribution in [0.25, 0.3) is 0 Å². The highest BCUT2D eigenvalue weighted by Crippen LogP contribution is 3.07. The van der Waals surface area contributed by atoms with Gasteiger partial charge < -0.3 is 0 Å². The molecule has 4 heterocycles. The van der Waals surface area contributed by atoms with Crippen LogP contribution in [0.4, 0.5) is 0 Å². The van der Waals surface area contributed by atoms with Crippen LogP contribution in [0.3, 0.4) is 0 Å². The summed E-state index contributed by atoms with van der Waals surface area (Å²) in [6.45, 7) is 38.0. The molecule has 128 valence electrons. The smallest absolute Gasteiger partial charge is 0.0877 e. The standard InChI is InChI=1S/C12H36P4Si6/c1-17(2)13-18(3,4)15-20(7,8)14(17)21(9,10)16(19(13,5)6)22(15,11)12/h1-12H3. The molecule has 0 aromatic heterocycles. The first-order valence-electron chi connectivity index (χ1n) is 8.68. The van der Waals surface area contributed by atoms with E-state index in [0.29, 0.717) is 26.3 Å². The second kappa shape index (κ2) is 4.89. The first-order chi connectivity index (χ1) is 9.46. The molecule has 0 unspecified atom stereocenters. The molecule has 4 rings (SSSR count). The van der Waals surface area contributed by atoms with Gasteiger partial charge in [-0.1, -0.05) is 78.6 Å². The third-order valence-electron chi connectivity index (χ3n) is 6.57. The van der Waals surface area contributed by atoms with Crippen molar-refractivity contribution in [1.29, 1.82) is 0 Å². The minimum atomic E-state index is -0.921. The summed E-state index contributed by atoms with van der Waals surface area (Å²) in [5.74, 6) is 0. The van der Waals surface area contributed by atoms with Gasteiger partial charge in [-0.05, 0) is 0 Å². The van der Waals surface area contributed by atoms with E-state index < -0.39 is 44.5 Å². The van der Waals surface area contributed by atoms with E-state index in [1.807, 2.05) is 0 Å². The second-order valence-electron chi connectivity index (χ2n) is 10.3. The SMILES string of the molecule is C[Si]1(C)P2[Si](C)(C)P3[Si](C)(C)P1[Si](C)(C)P([Si]2(C)C)[Si]3(C)C. The van der Waals surface area contributed by atoms with Crippen molar-refractivity contribution < 1.29 is 0 Å². The van der Waals surface area contributed by atoms with Crippen molar-refractivity contribution in [1.82, 2.24) is 0 Å². The maximum atomic E-state index is 2.97. The summed E-state index contributed by atoms with van der Waals surface area (Å²) in [4.78, 5) is 0. The Labute approximate surface area is 148 Å². The molecule has 0 aromatic carbocycles. The van der Waals surface area contributed by atoms with Gasteiger partial charge in [-0.3, -0.25) is 0 Å². The molecular weight excluding hydrogens is 437 g/mol. The molecule has 0 aliphatic carbocycles. The van der Waals surface area contributed by atoms with Gasteiger partial charge in [0.15, 0.2) is 0 Å². The fourth-order valence-electron chi connectivity index (χ4n) is 8.63. The van der Waals surface area contributed by atoms with E-state index in [4.69, 9.17) is 0 Å². The molecular formula is C12H36P4Si6. The van der Waals surface area contributed by atoms with Crippen molar-refractivity contribution in [3.8, 4) is 0 Å². The van der Waals surface area contributed by atoms with E-state index in [1.165, 1.54) is 0 Å². The zero-order valence-corrected chi connectivity index (χ0v) is 26.4. The summed E-state index contributed by atoms with van der Waals surface area (Å²) < 4.78 is 0. The molecule has 0 spiro atoms. The first kappa shape index (κ1) is 19.8. The second-order valence-corrected chi connectivity index (χ2v) is 110. The van der Waals surface area contributed by atoms with E-state index >= 15 is 0 Å². The summed E-state index contributed by atoms with van der Waals surface area (Å²) in [5, 5.41) is 0. The van der Waals surface area contributed by atoms with Crippen LogP contribution in [0.5, 0.6) is 0 Å². The van der Waals surface area contributed by atoms with Gasteiger partial charge in [0.1, 0.15) is 0 Å². The van der Waals surface area contributed by atoms with Crippen LogP contribution in [0.2, 0.25) is 78.6 Å². The van der Waals surface area contributed by atoms with Crippen LogP contribution in [-0.2, 0) is 0 Å². The molecule has 0 aromatic rings. The predicted octanol–water partition coefficient (Wildman–Crippen LogP) is 8.17. The molecule has 0 saturated carbocycles. The van der Waals surface area contributed by atoms with Gasteiger partial charge in [0, 0.05) is 0 Å². The molecule has 0 N–H and O–H groups in total. The monoisotopic (exact) mass is 472 g/mol. The summed E-state index contributed by atoms with van der Waals surface area (Å²) in [6.07, 6.45) is 0. The molecule has 0 nitrogen and oxygen atoms in total. The summed E-state index contributed by atoms with van der Waals surface area (Å²) in [7, 11) is -5.53. The third-order valence-corrected chi connectivity index (χ3v) is 242. The average molecular weight is 473 g/mol. The van der Waals surface area contributed by atoms with Gasteiger partial charge in [0.05, 0.1) is 44.5 Å². The summed E-state index contributed by atoms with van der Waals surface area (Å²) >= 11 is 0. The average Bonchev–Trinajstić information content (AvgIpc) is 2.01. The molecule has 4 fully saturated rings. The first-order valence-corrected chi connectivity index (χ1v) is 42.1. The largest absolute Gasteiger partial charge is 0.128 e. The zero-order chi connectivity index (χ0) is 17.3. The Hall–Kier alpha value is 3.02. The maximum Gasteiger partial charge on any atom is 0.0877 e. The fraction of sp³-hybridized carbons (Fsp3) is 1.00. The quantitative estimate of drug-likeness (QED) is 0.246. The highest BCUT2D eigenvalue weighted by molar-refractivity contribution is 8.99. The maximum absolute atomic E-state index is 2.97. The molecule has 4 bridgehead atoms. The Morgan fingerprint density at radius 3 is 0.455 bits per heavy atom. The fourth-order valence-corrected chi connectivity index (χ4v) is 550. The van der Waals surface area contributed by atoms with Crippen LogP contribution in [0.15, 0.2) is 0 Å². The minimum Gasteiger partial charge on any atom is -0.128 e. The third kappa shape index (κ3) is 1.98. The van der Waals surface area contributed by atoms with Crippen molar-refractivity contribution in [2.45, 2.75) is 78.6 Å². The van der Waals surface area contributed by atoms with Crippen molar-refractivity contribution in [3.05, 3.63) is 0 Å². The molecule has 4 aliphatic rings. The summed E-state index contributed by atoms with van der Waals surface area (Å²) in [5.41, 5.74) is 0. The molecule has 22 heavy (non-hydrogen) atoms. The van der Waals surface area contributed by atoms with Crippen LogP contribution >= 0.6 is 26.3 Å². The Bertz CT molecular complexity index is 384. The van der Waals surface area contributed by atoms with Crippen LogP contribution < -0.4 is 0 Å². The Morgan fingerprint density at radius 2 is 0.364 bits per heavy atom. The minimum absolute atomic E-state index is 0.590. The van der Waals surface area contributed by atoms with Crippen molar-refractivity contribution in [2.75, 3.05) is 0 Å². The van der Waals surface area contributed by atoms with E-state index in [-0.39, 0.29) is 0 Å². The molecule has 4 aliphatic heterocycles. The lowest BCUT2D eigenvalue weighted by Gasteiger charge is -2.84. The molecule has 0 radical (unpaired) electrons. The van der Waals surface area contributed by atoms with Crippen LogP contribution in [0, 0.1) is 0 Å². The zero-order valence-electron chi connectivity index (χ0n) is 16.8. The van der Waals surface area contributed by atoms with Gasteiger partial charge in [-0.2, -0.15) is 0 Å². The van der Waals surface area contributed by atoms with Crippen molar-refractivity contribution >= 4 is 70.7 Å². The van der Waals surface area contributed by atoms with E-state index in [1.54, 1.807) is 0 Å². The van der Waals surface area contributed by atoms with Gasteiger partial charge in [0.25, 0.3) is 0 Å². The van der Waals surface area contributed by atoms with E-state index in [0.717, 1.165) is 0 Å². The Balaban J connectivity index is 2.41. The van der Waals surface area contributed by atoms with E-state index in [2.05, 4.69) is 78.6 Å². The van der Waals surface area contributed by atoms with Gasteiger partial charge >= 0.3 is 0 Å². The highest BCUT2D eigenvalue weighted by atomic mass is 32.4. The highest BCUT2D eigenvalue weighted by Gasteiger charge is 2.83. The van der Waals surface area contributed by atoms with Gasteiger partial charge in [-0.15, -0.1) is 26.3 Å². The Morgan fingerprint density at radius 1 is 0.273 bits per heavy atom. The van der Waals surface area contributed by atoms with Crippen molar-refractivity contribution in [2.24, 2.45) is 0 Å². The lowest BCUT2D eigenvalue weighted by molar-refractivity contribution is 1.94. The lowest BCUT2D eigenvalue weighted by Crippen LogP contribution is -2.73. The number of hydrogen-bond donors (Lipinski definition) is 0.